The van der Waals surface area contributed by atoms with Gasteiger partial charge in [0.25, 0.3) is 0 Å². The first-order valence-electron chi connectivity index (χ1n) is 7.39. The zero-order chi connectivity index (χ0) is 14.6. The Hall–Kier alpha value is -1.12. The van der Waals surface area contributed by atoms with Crippen LogP contribution in [0.3, 0.4) is 0 Å². The molecule has 1 N–H and O–H groups in total. The van der Waals surface area contributed by atoms with E-state index in [1.165, 1.54) is 16.7 Å². The fourth-order valence-electron chi connectivity index (χ4n) is 2.57. The Labute approximate surface area is 127 Å². The minimum absolute atomic E-state index is 0.165. The number of hydrogen-bond donors (Lipinski definition) is 1. The predicted octanol–water partition coefficient (Wildman–Crippen LogP) is 5.13. The van der Waals surface area contributed by atoms with Crippen molar-refractivity contribution in [2.45, 2.75) is 45.6 Å². The molecule has 0 radical (unpaired) electrons. The van der Waals surface area contributed by atoms with E-state index in [1.54, 1.807) is 11.3 Å². The maximum Gasteiger partial charge on any atom is 0.0587 e. The molecule has 0 fully saturated rings. The summed E-state index contributed by atoms with van der Waals surface area (Å²) in [5.74, 6) is 0. The van der Waals surface area contributed by atoms with Crippen LogP contribution in [-0.4, -0.2) is 6.54 Å². The minimum atomic E-state index is 0.165. The summed E-state index contributed by atoms with van der Waals surface area (Å²) in [6, 6.07) is 11.4. The largest absolute Gasteiger partial charge is 0.306 e. The summed E-state index contributed by atoms with van der Waals surface area (Å²) < 4.78 is 0. The average Bonchev–Trinajstić information content (AvgIpc) is 2.92. The van der Waals surface area contributed by atoms with Crippen LogP contribution in [0.25, 0.3) is 0 Å². The van der Waals surface area contributed by atoms with E-state index in [1.807, 2.05) is 0 Å². The minimum Gasteiger partial charge on any atom is -0.306 e. The van der Waals surface area contributed by atoms with E-state index in [-0.39, 0.29) is 5.41 Å². The molecule has 0 bridgehead atoms. The highest BCUT2D eigenvalue weighted by atomic mass is 32.1. The van der Waals surface area contributed by atoms with E-state index >= 15 is 0 Å². The van der Waals surface area contributed by atoms with E-state index in [9.17, 15) is 0 Å². The summed E-state index contributed by atoms with van der Waals surface area (Å²) in [7, 11) is 0. The summed E-state index contributed by atoms with van der Waals surface area (Å²) in [6.07, 6.45) is 1.15. The summed E-state index contributed by atoms with van der Waals surface area (Å²) in [5.41, 5.74) is 4.38. The highest BCUT2D eigenvalue weighted by Gasteiger charge is 2.23. The SMILES string of the molecule is CCCNC(c1ccsc1)c1ccccc1C(C)(C)C. The number of rotatable bonds is 5. The third-order valence-electron chi connectivity index (χ3n) is 3.55. The van der Waals surface area contributed by atoms with Crippen LogP contribution in [0.1, 0.15) is 56.8 Å². The van der Waals surface area contributed by atoms with Crippen LogP contribution in [0.5, 0.6) is 0 Å². The van der Waals surface area contributed by atoms with Gasteiger partial charge in [-0.2, -0.15) is 11.3 Å². The highest BCUT2D eigenvalue weighted by Crippen LogP contribution is 2.33. The van der Waals surface area contributed by atoms with E-state index in [0.29, 0.717) is 6.04 Å². The van der Waals surface area contributed by atoms with E-state index < -0.39 is 0 Å². The van der Waals surface area contributed by atoms with Gasteiger partial charge in [0.15, 0.2) is 0 Å². The molecular formula is C18H25NS. The number of benzene rings is 1. The molecule has 1 unspecified atom stereocenters. The molecule has 0 aliphatic heterocycles. The standard InChI is InChI=1S/C18H25NS/c1-5-11-19-17(14-10-12-20-13-14)15-8-6-7-9-16(15)18(2,3)4/h6-10,12-13,17,19H,5,11H2,1-4H3. The highest BCUT2D eigenvalue weighted by molar-refractivity contribution is 7.08. The van der Waals surface area contributed by atoms with Crippen LogP contribution in [0.4, 0.5) is 0 Å². The molecule has 2 rings (SSSR count). The van der Waals surface area contributed by atoms with Gasteiger partial charge in [-0.3, -0.25) is 0 Å². The van der Waals surface area contributed by atoms with Gasteiger partial charge in [0, 0.05) is 0 Å². The van der Waals surface area contributed by atoms with Crippen molar-refractivity contribution in [2.24, 2.45) is 0 Å². The Morgan fingerprint density at radius 3 is 2.50 bits per heavy atom. The van der Waals surface area contributed by atoms with Crippen LogP contribution < -0.4 is 5.32 Å². The van der Waals surface area contributed by atoms with Crippen molar-refractivity contribution in [3.63, 3.8) is 0 Å². The number of thiophene rings is 1. The maximum absolute atomic E-state index is 3.71. The first-order chi connectivity index (χ1) is 9.54. The second-order valence-corrected chi connectivity index (χ2v) is 7.06. The van der Waals surface area contributed by atoms with Crippen molar-refractivity contribution in [3.8, 4) is 0 Å². The molecule has 2 aromatic rings. The smallest absolute Gasteiger partial charge is 0.0587 e. The van der Waals surface area contributed by atoms with Crippen LogP contribution in [0, 0.1) is 0 Å². The Morgan fingerprint density at radius 2 is 1.90 bits per heavy atom. The predicted molar refractivity (Wildman–Crippen MR) is 89.6 cm³/mol. The molecule has 0 aliphatic carbocycles. The molecular weight excluding hydrogens is 262 g/mol. The normalized spacial score (nSPS) is 13.4. The van der Waals surface area contributed by atoms with Crippen LogP contribution in [-0.2, 0) is 5.41 Å². The Balaban J connectivity index is 2.44. The van der Waals surface area contributed by atoms with Crippen molar-refractivity contribution < 1.29 is 0 Å². The van der Waals surface area contributed by atoms with Gasteiger partial charge in [-0.05, 0) is 51.9 Å². The molecule has 1 heterocycles. The van der Waals surface area contributed by atoms with Crippen molar-refractivity contribution in [2.75, 3.05) is 6.54 Å². The van der Waals surface area contributed by atoms with Crippen molar-refractivity contribution in [3.05, 3.63) is 57.8 Å². The summed E-state index contributed by atoms with van der Waals surface area (Å²) in [5, 5.41) is 8.13. The average molecular weight is 287 g/mol. The van der Waals surface area contributed by atoms with E-state index in [0.717, 1.165) is 13.0 Å². The molecule has 0 spiro atoms. The second kappa shape index (κ2) is 6.55. The number of hydrogen-bond acceptors (Lipinski definition) is 2. The molecule has 0 saturated carbocycles. The van der Waals surface area contributed by atoms with Gasteiger partial charge in [-0.15, -0.1) is 0 Å². The summed E-state index contributed by atoms with van der Waals surface area (Å²) in [4.78, 5) is 0. The Bertz CT molecular complexity index is 523. The van der Waals surface area contributed by atoms with Gasteiger partial charge in [0.1, 0.15) is 0 Å². The maximum atomic E-state index is 3.71. The van der Waals surface area contributed by atoms with Crippen molar-refractivity contribution >= 4 is 11.3 Å². The molecule has 0 saturated heterocycles. The molecule has 0 aliphatic rings. The molecule has 1 aromatic carbocycles. The van der Waals surface area contributed by atoms with Crippen molar-refractivity contribution in [1.29, 1.82) is 0 Å². The Morgan fingerprint density at radius 1 is 1.15 bits per heavy atom. The monoisotopic (exact) mass is 287 g/mol. The zero-order valence-electron chi connectivity index (χ0n) is 12.9. The van der Waals surface area contributed by atoms with Gasteiger partial charge < -0.3 is 5.32 Å². The zero-order valence-corrected chi connectivity index (χ0v) is 13.8. The van der Waals surface area contributed by atoms with Gasteiger partial charge in [-0.1, -0.05) is 52.0 Å². The Kier molecular flexibility index (Phi) is 5.00. The lowest BCUT2D eigenvalue weighted by atomic mass is 9.81. The topological polar surface area (TPSA) is 12.0 Å². The van der Waals surface area contributed by atoms with Gasteiger partial charge in [0.2, 0.25) is 0 Å². The quantitative estimate of drug-likeness (QED) is 0.803. The lowest BCUT2D eigenvalue weighted by Crippen LogP contribution is -2.26. The molecule has 0 amide bonds. The second-order valence-electron chi connectivity index (χ2n) is 6.28. The first kappa shape index (κ1) is 15.3. The molecule has 2 heteroatoms. The summed E-state index contributed by atoms with van der Waals surface area (Å²) >= 11 is 1.77. The lowest BCUT2D eigenvalue weighted by Gasteiger charge is -2.28. The van der Waals surface area contributed by atoms with Gasteiger partial charge >= 0.3 is 0 Å². The lowest BCUT2D eigenvalue weighted by molar-refractivity contribution is 0.549. The fourth-order valence-corrected chi connectivity index (χ4v) is 3.25. The molecule has 1 aromatic heterocycles. The van der Waals surface area contributed by atoms with E-state index in [2.05, 4.69) is 74.1 Å². The fraction of sp³-hybridized carbons (Fsp3) is 0.444. The third-order valence-corrected chi connectivity index (χ3v) is 4.26. The van der Waals surface area contributed by atoms with Crippen LogP contribution in [0.2, 0.25) is 0 Å². The first-order valence-corrected chi connectivity index (χ1v) is 8.33. The van der Waals surface area contributed by atoms with E-state index in [4.69, 9.17) is 0 Å². The molecule has 1 nitrogen and oxygen atoms in total. The number of nitrogens with one attached hydrogen (secondary N) is 1. The third kappa shape index (κ3) is 3.50. The van der Waals surface area contributed by atoms with Crippen LogP contribution in [0.15, 0.2) is 41.1 Å². The summed E-state index contributed by atoms with van der Waals surface area (Å²) in [6.45, 7) is 10.1. The molecule has 1 atom stereocenters. The van der Waals surface area contributed by atoms with Crippen LogP contribution >= 0.6 is 11.3 Å². The molecule has 108 valence electrons. The van der Waals surface area contributed by atoms with Gasteiger partial charge in [0.05, 0.1) is 6.04 Å². The van der Waals surface area contributed by atoms with Crippen molar-refractivity contribution in [1.82, 2.24) is 5.32 Å². The molecule has 20 heavy (non-hydrogen) atoms. The van der Waals surface area contributed by atoms with Gasteiger partial charge in [-0.25, -0.2) is 0 Å².